The molecule has 2 heterocycles. The van der Waals surface area contributed by atoms with Gasteiger partial charge in [-0.25, -0.2) is 0 Å². The first-order valence-electron chi connectivity index (χ1n) is 8.29. The molecule has 3 rings (SSSR count). The van der Waals surface area contributed by atoms with Crippen LogP contribution in [0.15, 0.2) is 24.3 Å². The molecule has 2 aliphatic rings. The average molecular weight is 358 g/mol. The van der Waals surface area contributed by atoms with Gasteiger partial charge in [-0.2, -0.15) is 13.2 Å². The third kappa shape index (κ3) is 4.31. The van der Waals surface area contributed by atoms with E-state index in [2.05, 4.69) is 0 Å². The molecule has 1 aromatic carbocycles. The predicted molar refractivity (Wildman–Crippen MR) is 83.8 cm³/mol. The van der Waals surface area contributed by atoms with Crippen molar-refractivity contribution >= 4 is 5.91 Å². The summed E-state index contributed by atoms with van der Waals surface area (Å²) in [7, 11) is 0. The highest BCUT2D eigenvalue weighted by Crippen LogP contribution is 2.36. The van der Waals surface area contributed by atoms with Crippen LogP contribution < -0.4 is 0 Å². The number of ether oxygens (including phenoxy) is 1. The van der Waals surface area contributed by atoms with Gasteiger partial charge in [0.15, 0.2) is 0 Å². The van der Waals surface area contributed by atoms with E-state index >= 15 is 0 Å². The standard InChI is InChI=1S/C17H21F3N2O3/c18-17(19,20)13-3-1-2-12(8-13)15-9-14(23)10-22(15)11-16(24)21-4-6-25-7-5-21/h1-3,8,14-15,23H,4-7,9-11H2/t14-,15-/m1/s1. The Morgan fingerprint density at radius 3 is 2.68 bits per heavy atom. The van der Waals surface area contributed by atoms with Crippen LogP contribution in [0.5, 0.6) is 0 Å². The highest BCUT2D eigenvalue weighted by Gasteiger charge is 2.36. The smallest absolute Gasteiger partial charge is 0.392 e. The summed E-state index contributed by atoms with van der Waals surface area (Å²) in [4.78, 5) is 15.9. The second kappa shape index (κ2) is 7.31. The lowest BCUT2D eigenvalue weighted by Crippen LogP contribution is -2.45. The number of hydrogen-bond acceptors (Lipinski definition) is 4. The van der Waals surface area contributed by atoms with Gasteiger partial charge in [-0.15, -0.1) is 0 Å². The van der Waals surface area contributed by atoms with E-state index in [0.717, 1.165) is 12.1 Å². The maximum Gasteiger partial charge on any atom is 0.416 e. The van der Waals surface area contributed by atoms with Gasteiger partial charge in [0.05, 0.1) is 31.4 Å². The zero-order chi connectivity index (χ0) is 18.0. The maximum absolute atomic E-state index is 12.9. The fourth-order valence-electron chi connectivity index (χ4n) is 3.41. The molecule has 0 aliphatic carbocycles. The second-order valence-electron chi connectivity index (χ2n) is 6.45. The Morgan fingerprint density at radius 2 is 2.00 bits per heavy atom. The molecule has 138 valence electrons. The third-order valence-corrected chi connectivity index (χ3v) is 4.68. The van der Waals surface area contributed by atoms with E-state index in [0.29, 0.717) is 38.3 Å². The van der Waals surface area contributed by atoms with Crippen LogP contribution in [-0.4, -0.2) is 66.3 Å². The minimum absolute atomic E-state index is 0.0813. The Morgan fingerprint density at radius 1 is 1.28 bits per heavy atom. The van der Waals surface area contributed by atoms with Crippen LogP contribution in [0.4, 0.5) is 13.2 Å². The van der Waals surface area contributed by atoms with E-state index in [9.17, 15) is 23.1 Å². The van der Waals surface area contributed by atoms with Crippen molar-refractivity contribution in [3.63, 3.8) is 0 Å². The molecule has 0 spiro atoms. The summed E-state index contributed by atoms with van der Waals surface area (Å²) in [6.45, 7) is 2.37. The Labute approximate surface area is 144 Å². The molecule has 25 heavy (non-hydrogen) atoms. The number of halogens is 3. The first-order chi connectivity index (χ1) is 11.8. The SMILES string of the molecule is O=C(CN1C[C@H](O)C[C@@H]1c1cccc(C(F)(F)F)c1)N1CCOCC1. The Bertz CT molecular complexity index is 617. The zero-order valence-corrected chi connectivity index (χ0v) is 13.7. The largest absolute Gasteiger partial charge is 0.416 e. The number of benzene rings is 1. The maximum atomic E-state index is 12.9. The van der Waals surface area contributed by atoms with E-state index in [-0.39, 0.29) is 19.0 Å². The van der Waals surface area contributed by atoms with Gasteiger partial charge in [0, 0.05) is 25.7 Å². The van der Waals surface area contributed by atoms with Gasteiger partial charge in [-0.1, -0.05) is 12.1 Å². The van der Waals surface area contributed by atoms with Gasteiger partial charge < -0.3 is 14.7 Å². The molecule has 0 radical (unpaired) electrons. The number of aliphatic hydroxyl groups is 1. The number of likely N-dealkylation sites (tertiary alicyclic amines) is 1. The van der Waals surface area contributed by atoms with E-state index in [1.54, 1.807) is 15.9 Å². The highest BCUT2D eigenvalue weighted by atomic mass is 19.4. The molecule has 1 N–H and O–H groups in total. The molecule has 5 nitrogen and oxygen atoms in total. The van der Waals surface area contributed by atoms with Crippen molar-refractivity contribution in [2.24, 2.45) is 0 Å². The molecule has 8 heteroatoms. The number of carbonyl (C=O) groups excluding carboxylic acids is 1. The van der Waals surface area contributed by atoms with Crippen molar-refractivity contribution < 1.29 is 27.8 Å². The fourth-order valence-corrected chi connectivity index (χ4v) is 3.41. The molecule has 2 atom stereocenters. The first kappa shape index (κ1) is 18.2. The monoisotopic (exact) mass is 358 g/mol. The first-order valence-corrected chi connectivity index (χ1v) is 8.29. The Hall–Kier alpha value is -1.64. The molecular weight excluding hydrogens is 337 g/mol. The molecule has 1 aromatic rings. The number of nitrogens with zero attached hydrogens (tertiary/aromatic N) is 2. The Balaban J connectivity index is 1.74. The van der Waals surface area contributed by atoms with Crippen molar-refractivity contribution in [1.82, 2.24) is 9.80 Å². The zero-order valence-electron chi connectivity index (χ0n) is 13.7. The highest BCUT2D eigenvalue weighted by molar-refractivity contribution is 5.78. The van der Waals surface area contributed by atoms with Crippen molar-refractivity contribution in [2.45, 2.75) is 24.7 Å². The number of morpholine rings is 1. The lowest BCUT2D eigenvalue weighted by molar-refractivity contribution is -0.138. The van der Waals surface area contributed by atoms with Gasteiger partial charge in [0.25, 0.3) is 0 Å². The summed E-state index contributed by atoms with van der Waals surface area (Å²) in [5.74, 6) is -0.0885. The van der Waals surface area contributed by atoms with Crippen LogP contribution in [0.1, 0.15) is 23.6 Å². The average Bonchev–Trinajstić information content (AvgIpc) is 2.95. The number of rotatable bonds is 3. The topological polar surface area (TPSA) is 53.0 Å². The molecule has 0 saturated carbocycles. The van der Waals surface area contributed by atoms with Crippen LogP contribution >= 0.6 is 0 Å². The van der Waals surface area contributed by atoms with Crippen molar-refractivity contribution in [3.05, 3.63) is 35.4 Å². The quantitative estimate of drug-likeness (QED) is 0.893. The number of aliphatic hydroxyl groups excluding tert-OH is 1. The summed E-state index contributed by atoms with van der Waals surface area (Å²) < 4.78 is 44.1. The van der Waals surface area contributed by atoms with Gasteiger partial charge >= 0.3 is 6.18 Å². The molecule has 1 amide bonds. The second-order valence-corrected chi connectivity index (χ2v) is 6.45. The molecule has 2 saturated heterocycles. The van der Waals surface area contributed by atoms with Crippen LogP contribution in [0.3, 0.4) is 0 Å². The van der Waals surface area contributed by atoms with Gasteiger partial charge in [0.1, 0.15) is 0 Å². The van der Waals surface area contributed by atoms with E-state index < -0.39 is 23.9 Å². The van der Waals surface area contributed by atoms with E-state index in [4.69, 9.17) is 4.74 Å². The van der Waals surface area contributed by atoms with Crippen LogP contribution in [0.2, 0.25) is 0 Å². The molecule has 0 unspecified atom stereocenters. The predicted octanol–water partition coefficient (Wildman–Crippen LogP) is 1.67. The molecule has 0 bridgehead atoms. The summed E-state index contributed by atoms with van der Waals surface area (Å²) in [6, 6.07) is 4.71. The summed E-state index contributed by atoms with van der Waals surface area (Å²) in [5, 5.41) is 9.97. The lowest BCUT2D eigenvalue weighted by atomic mass is 10.0. The molecule has 2 aliphatic heterocycles. The summed E-state index contributed by atoms with van der Waals surface area (Å²) in [6.07, 6.45) is -4.75. The summed E-state index contributed by atoms with van der Waals surface area (Å²) >= 11 is 0. The van der Waals surface area contributed by atoms with Crippen molar-refractivity contribution in [2.75, 3.05) is 39.4 Å². The molecule has 0 aromatic heterocycles. The number of carbonyl (C=O) groups is 1. The van der Waals surface area contributed by atoms with Crippen molar-refractivity contribution in [1.29, 1.82) is 0 Å². The molecule has 2 fully saturated rings. The van der Waals surface area contributed by atoms with E-state index in [1.807, 2.05) is 0 Å². The van der Waals surface area contributed by atoms with Gasteiger partial charge in [0.2, 0.25) is 5.91 Å². The van der Waals surface area contributed by atoms with E-state index in [1.165, 1.54) is 6.07 Å². The normalized spacial score (nSPS) is 25.4. The lowest BCUT2D eigenvalue weighted by Gasteiger charge is -2.30. The number of amides is 1. The summed E-state index contributed by atoms with van der Waals surface area (Å²) in [5.41, 5.74) is -0.244. The minimum atomic E-state index is -4.41. The number of hydrogen-bond donors (Lipinski definition) is 1. The number of β-amino-alcohol motifs (C(OH)–C–C–N with tert-alkyl or cyclic N) is 1. The Kier molecular flexibility index (Phi) is 5.31. The van der Waals surface area contributed by atoms with Crippen LogP contribution in [0.25, 0.3) is 0 Å². The van der Waals surface area contributed by atoms with Gasteiger partial charge in [-0.3, -0.25) is 9.69 Å². The van der Waals surface area contributed by atoms with Crippen molar-refractivity contribution in [3.8, 4) is 0 Å². The minimum Gasteiger partial charge on any atom is -0.392 e. The molecular formula is C17H21F3N2O3. The third-order valence-electron chi connectivity index (χ3n) is 4.68. The fraction of sp³-hybridized carbons (Fsp3) is 0.588. The van der Waals surface area contributed by atoms with Gasteiger partial charge in [-0.05, 0) is 24.1 Å². The van der Waals surface area contributed by atoms with Crippen LogP contribution in [0, 0.1) is 0 Å². The van der Waals surface area contributed by atoms with Crippen LogP contribution in [-0.2, 0) is 15.7 Å². The number of alkyl halides is 3.